The summed E-state index contributed by atoms with van der Waals surface area (Å²) in [6.07, 6.45) is 1.65. The van der Waals surface area contributed by atoms with Crippen molar-refractivity contribution in [3.8, 4) is 0 Å². The Kier molecular flexibility index (Phi) is 5.40. The number of amides is 2. The molecule has 6 nitrogen and oxygen atoms in total. The maximum atomic E-state index is 12.3. The van der Waals surface area contributed by atoms with Crippen molar-refractivity contribution in [2.75, 3.05) is 26.2 Å². The minimum Gasteiger partial charge on any atom is -0.480 e. The van der Waals surface area contributed by atoms with Crippen molar-refractivity contribution in [3.05, 3.63) is 0 Å². The molecule has 0 saturated carbocycles. The Balaban J connectivity index is 2.83. The highest BCUT2D eigenvalue weighted by atomic mass is 16.4. The van der Waals surface area contributed by atoms with Crippen LogP contribution < -0.4 is 0 Å². The van der Waals surface area contributed by atoms with Gasteiger partial charge >= 0.3 is 12.0 Å². The van der Waals surface area contributed by atoms with Crippen molar-refractivity contribution in [1.82, 2.24) is 9.80 Å². The molecule has 0 bridgehead atoms. The summed E-state index contributed by atoms with van der Waals surface area (Å²) in [4.78, 5) is 26.5. The van der Waals surface area contributed by atoms with Crippen molar-refractivity contribution in [1.29, 1.82) is 0 Å². The van der Waals surface area contributed by atoms with Gasteiger partial charge in [0, 0.05) is 19.6 Å². The average Bonchev–Trinajstić information content (AvgIpc) is 2.34. The molecule has 104 valence electrons. The number of carbonyl (C=O) groups excluding carboxylic acids is 1. The standard InChI is InChI=1S/C12H22N2O4/c1-3-13(7-8-15)12(18)14-6-4-5-9(2)10(14)11(16)17/h9-10,15H,3-8H2,1-2H3,(H,16,17). The summed E-state index contributed by atoms with van der Waals surface area (Å²) in [6.45, 7) is 4.75. The van der Waals surface area contributed by atoms with Gasteiger partial charge in [-0.05, 0) is 25.7 Å². The van der Waals surface area contributed by atoms with Gasteiger partial charge in [-0.1, -0.05) is 6.92 Å². The highest BCUT2D eigenvalue weighted by Crippen LogP contribution is 2.24. The molecular formula is C12H22N2O4. The summed E-state index contributed by atoms with van der Waals surface area (Å²) in [7, 11) is 0. The first-order chi connectivity index (χ1) is 8.52. The number of likely N-dealkylation sites (N-methyl/N-ethyl adjacent to an activating group) is 1. The van der Waals surface area contributed by atoms with E-state index in [0.717, 1.165) is 12.8 Å². The van der Waals surface area contributed by atoms with Crippen LogP contribution in [0.5, 0.6) is 0 Å². The lowest BCUT2D eigenvalue weighted by Crippen LogP contribution is -2.56. The Bertz CT molecular complexity index is 308. The van der Waals surface area contributed by atoms with Crippen LogP contribution >= 0.6 is 0 Å². The van der Waals surface area contributed by atoms with Crippen LogP contribution in [0.1, 0.15) is 26.7 Å². The Morgan fingerprint density at radius 1 is 1.44 bits per heavy atom. The molecule has 0 radical (unpaired) electrons. The first kappa shape index (κ1) is 14.8. The van der Waals surface area contributed by atoms with E-state index < -0.39 is 12.0 Å². The van der Waals surface area contributed by atoms with Gasteiger partial charge in [0.1, 0.15) is 6.04 Å². The number of likely N-dealkylation sites (tertiary alicyclic amines) is 1. The molecule has 1 heterocycles. The van der Waals surface area contributed by atoms with Crippen LogP contribution in [0.15, 0.2) is 0 Å². The molecule has 2 amide bonds. The van der Waals surface area contributed by atoms with Gasteiger partial charge < -0.3 is 20.0 Å². The van der Waals surface area contributed by atoms with Gasteiger partial charge in [0.2, 0.25) is 0 Å². The third kappa shape index (κ3) is 3.13. The van der Waals surface area contributed by atoms with E-state index in [2.05, 4.69) is 0 Å². The van der Waals surface area contributed by atoms with Gasteiger partial charge in [0.25, 0.3) is 0 Å². The second kappa shape index (κ2) is 6.58. The number of aliphatic hydroxyl groups is 1. The highest BCUT2D eigenvalue weighted by Gasteiger charge is 2.38. The molecule has 18 heavy (non-hydrogen) atoms. The first-order valence-electron chi connectivity index (χ1n) is 6.42. The molecule has 0 aromatic heterocycles. The number of aliphatic hydroxyl groups excluding tert-OH is 1. The molecule has 0 spiro atoms. The van der Waals surface area contributed by atoms with E-state index in [9.17, 15) is 14.7 Å². The van der Waals surface area contributed by atoms with E-state index in [1.807, 2.05) is 13.8 Å². The lowest BCUT2D eigenvalue weighted by Gasteiger charge is -2.39. The molecule has 1 saturated heterocycles. The lowest BCUT2D eigenvalue weighted by atomic mass is 9.91. The smallest absolute Gasteiger partial charge is 0.326 e. The molecule has 0 aromatic rings. The Morgan fingerprint density at radius 3 is 2.61 bits per heavy atom. The van der Waals surface area contributed by atoms with Gasteiger partial charge in [0.05, 0.1) is 6.61 Å². The number of piperidine rings is 1. The molecule has 2 N–H and O–H groups in total. The summed E-state index contributed by atoms with van der Waals surface area (Å²) >= 11 is 0. The maximum absolute atomic E-state index is 12.3. The molecule has 2 atom stereocenters. The van der Waals surface area contributed by atoms with Crippen LogP contribution in [0.4, 0.5) is 4.79 Å². The van der Waals surface area contributed by atoms with Crippen molar-refractivity contribution in [2.45, 2.75) is 32.7 Å². The second-order valence-electron chi connectivity index (χ2n) is 4.68. The van der Waals surface area contributed by atoms with E-state index in [1.165, 1.54) is 9.80 Å². The number of carboxylic acids is 1. The van der Waals surface area contributed by atoms with E-state index >= 15 is 0 Å². The van der Waals surface area contributed by atoms with Gasteiger partial charge in [-0.3, -0.25) is 0 Å². The van der Waals surface area contributed by atoms with Crippen LogP contribution in [0.2, 0.25) is 0 Å². The summed E-state index contributed by atoms with van der Waals surface area (Å²) in [6, 6.07) is -1.04. The fourth-order valence-electron chi connectivity index (χ4n) is 2.47. The van der Waals surface area contributed by atoms with Gasteiger partial charge in [-0.2, -0.15) is 0 Å². The van der Waals surface area contributed by atoms with Gasteiger partial charge in [-0.15, -0.1) is 0 Å². The predicted octanol–water partition coefficient (Wildman–Crippen LogP) is 0.606. The summed E-state index contributed by atoms with van der Waals surface area (Å²) in [5.74, 6) is -0.983. The average molecular weight is 258 g/mol. The lowest BCUT2D eigenvalue weighted by molar-refractivity contribution is -0.145. The Labute approximate surface area is 107 Å². The second-order valence-corrected chi connectivity index (χ2v) is 4.68. The number of rotatable bonds is 4. The van der Waals surface area contributed by atoms with Crippen LogP contribution in [-0.2, 0) is 4.79 Å². The van der Waals surface area contributed by atoms with Gasteiger partial charge in [0.15, 0.2) is 0 Å². The predicted molar refractivity (Wildman–Crippen MR) is 66.3 cm³/mol. The zero-order chi connectivity index (χ0) is 13.7. The van der Waals surface area contributed by atoms with Crippen molar-refractivity contribution < 1.29 is 19.8 Å². The largest absolute Gasteiger partial charge is 0.480 e. The summed E-state index contributed by atoms with van der Waals surface area (Å²) < 4.78 is 0. The first-order valence-corrected chi connectivity index (χ1v) is 6.42. The molecule has 1 rings (SSSR count). The van der Waals surface area contributed by atoms with E-state index in [1.54, 1.807) is 0 Å². The van der Waals surface area contributed by atoms with Crippen molar-refractivity contribution in [2.24, 2.45) is 5.92 Å². The Hall–Kier alpha value is -1.30. The monoisotopic (exact) mass is 258 g/mol. The molecule has 0 aliphatic carbocycles. The third-order valence-corrected chi connectivity index (χ3v) is 3.45. The fraction of sp³-hybridized carbons (Fsp3) is 0.833. The zero-order valence-electron chi connectivity index (χ0n) is 11.0. The molecule has 1 fully saturated rings. The van der Waals surface area contributed by atoms with Crippen molar-refractivity contribution >= 4 is 12.0 Å². The molecular weight excluding hydrogens is 236 g/mol. The fourth-order valence-corrected chi connectivity index (χ4v) is 2.47. The van der Waals surface area contributed by atoms with E-state index in [-0.39, 0.29) is 25.1 Å². The quantitative estimate of drug-likeness (QED) is 0.774. The molecule has 6 heteroatoms. The number of aliphatic carboxylic acids is 1. The van der Waals surface area contributed by atoms with Crippen LogP contribution in [-0.4, -0.2) is 64.3 Å². The molecule has 1 aliphatic rings. The number of carbonyl (C=O) groups is 2. The van der Waals surface area contributed by atoms with E-state index in [4.69, 9.17) is 5.11 Å². The third-order valence-electron chi connectivity index (χ3n) is 3.45. The summed E-state index contributed by atoms with van der Waals surface area (Å²) in [5.41, 5.74) is 0. The zero-order valence-corrected chi connectivity index (χ0v) is 11.0. The number of hydrogen-bond acceptors (Lipinski definition) is 3. The maximum Gasteiger partial charge on any atom is 0.326 e. The number of carboxylic acid groups (broad SMARTS) is 1. The van der Waals surface area contributed by atoms with E-state index in [0.29, 0.717) is 13.1 Å². The number of hydrogen-bond donors (Lipinski definition) is 2. The normalized spacial score (nSPS) is 23.8. The number of urea groups is 1. The molecule has 1 aliphatic heterocycles. The van der Waals surface area contributed by atoms with Crippen LogP contribution in [0.3, 0.4) is 0 Å². The van der Waals surface area contributed by atoms with Crippen LogP contribution in [0.25, 0.3) is 0 Å². The topological polar surface area (TPSA) is 81.1 Å². The molecule has 2 unspecified atom stereocenters. The highest BCUT2D eigenvalue weighted by molar-refractivity contribution is 5.83. The minimum absolute atomic E-state index is 0.0342. The van der Waals surface area contributed by atoms with Crippen molar-refractivity contribution in [3.63, 3.8) is 0 Å². The SMILES string of the molecule is CCN(CCO)C(=O)N1CCCC(C)C1C(=O)O. The molecule has 0 aromatic carbocycles. The Morgan fingerprint density at radius 2 is 2.11 bits per heavy atom. The number of nitrogens with zero attached hydrogens (tertiary/aromatic N) is 2. The minimum atomic E-state index is -0.949. The van der Waals surface area contributed by atoms with Gasteiger partial charge in [-0.25, -0.2) is 9.59 Å². The summed E-state index contributed by atoms with van der Waals surface area (Å²) in [5, 5.41) is 18.2. The van der Waals surface area contributed by atoms with Crippen LogP contribution in [0, 0.1) is 5.92 Å².